The number of nitrogens with one attached hydrogen (secondary N) is 1. The van der Waals surface area contributed by atoms with Crippen LogP contribution in [-0.2, 0) is 17.8 Å². The highest BCUT2D eigenvalue weighted by Crippen LogP contribution is 2.15. The minimum atomic E-state index is -0.239. The zero-order valence-electron chi connectivity index (χ0n) is 16.2. The zero-order chi connectivity index (χ0) is 20.3. The summed E-state index contributed by atoms with van der Waals surface area (Å²) in [5.74, 6) is 0.235. The summed E-state index contributed by atoms with van der Waals surface area (Å²) in [5.41, 5.74) is 2.43. The number of amides is 1. The Kier molecular flexibility index (Phi) is 5.54. The summed E-state index contributed by atoms with van der Waals surface area (Å²) in [4.78, 5) is 35.2. The van der Waals surface area contributed by atoms with Crippen LogP contribution in [0, 0.1) is 18.3 Å². The maximum absolute atomic E-state index is 12.8. The minimum Gasteiger partial charge on any atom is -0.277 e. The molecule has 0 saturated heterocycles. The van der Waals surface area contributed by atoms with Crippen LogP contribution in [-0.4, -0.2) is 25.5 Å². The van der Waals surface area contributed by atoms with Gasteiger partial charge >= 0.3 is 0 Å². The number of aromatic nitrogens is 4. The van der Waals surface area contributed by atoms with Crippen molar-refractivity contribution in [3.05, 3.63) is 57.0 Å². The number of fused-ring (bicyclic) bond motifs is 1. The summed E-state index contributed by atoms with van der Waals surface area (Å²) in [6, 6.07) is 9.10. The van der Waals surface area contributed by atoms with Crippen molar-refractivity contribution in [2.45, 2.75) is 46.6 Å². The van der Waals surface area contributed by atoms with E-state index in [-0.39, 0.29) is 29.7 Å². The minimum absolute atomic E-state index is 0.190. The van der Waals surface area contributed by atoms with E-state index in [2.05, 4.69) is 28.1 Å². The van der Waals surface area contributed by atoms with E-state index in [0.717, 1.165) is 18.4 Å². The van der Waals surface area contributed by atoms with Crippen LogP contribution in [0.4, 0.5) is 5.95 Å². The number of unbranched alkanes of at least 4 members (excludes halogenated alkanes) is 1. The Morgan fingerprint density at radius 2 is 2.14 bits per heavy atom. The Hall–Kier alpha value is -3.47. The number of carbonyl (C=O) groups is 1. The molecule has 144 valence electrons. The third kappa shape index (κ3) is 3.78. The Morgan fingerprint density at radius 3 is 2.82 bits per heavy atom. The lowest BCUT2D eigenvalue weighted by molar-refractivity contribution is -0.116. The van der Waals surface area contributed by atoms with Crippen LogP contribution >= 0.6 is 0 Å². The van der Waals surface area contributed by atoms with Crippen molar-refractivity contribution in [3.63, 3.8) is 0 Å². The number of nitrogens with zero attached hydrogens (tertiary/aromatic N) is 5. The maximum Gasteiger partial charge on any atom is 0.277 e. The van der Waals surface area contributed by atoms with Gasteiger partial charge in [0.25, 0.3) is 11.3 Å². The average molecular weight is 378 g/mol. The SMILES string of the molecule is CCCCc1c(C)nc2nc(N(Cc3cccc(C#N)c3)C(C)=O)[nH]n2c1=O. The normalized spacial score (nSPS) is 10.8. The zero-order valence-corrected chi connectivity index (χ0v) is 16.2. The van der Waals surface area contributed by atoms with Gasteiger partial charge in [-0.05, 0) is 37.5 Å². The number of aryl methyl sites for hydroxylation is 1. The van der Waals surface area contributed by atoms with Gasteiger partial charge in [0, 0.05) is 12.5 Å². The topological polar surface area (TPSA) is 107 Å². The van der Waals surface area contributed by atoms with Crippen LogP contribution in [0.5, 0.6) is 0 Å². The fraction of sp³-hybridized carbons (Fsp3) is 0.350. The first-order valence-corrected chi connectivity index (χ1v) is 9.20. The lowest BCUT2D eigenvalue weighted by Crippen LogP contribution is -2.29. The van der Waals surface area contributed by atoms with Gasteiger partial charge in [-0.25, -0.2) is 4.98 Å². The van der Waals surface area contributed by atoms with Crippen molar-refractivity contribution in [1.82, 2.24) is 19.6 Å². The second kappa shape index (κ2) is 8.05. The third-order valence-corrected chi connectivity index (χ3v) is 4.60. The molecule has 0 saturated carbocycles. The molecule has 0 unspecified atom stereocenters. The molecule has 2 heterocycles. The van der Waals surface area contributed by atoms with Gasteiger partial charge in [0.15, 0.2) is 0 Å². The van der Waals surface area contributed by atoms with Crippen molar-refractivity contribution < 1.29 is 4.79 Å². The molecular weight excluding hydrogens is 356 g/mol. The summed E-state index contributed by atoms with van der Waals surface area (Å²) >= 11 is 0. The van der Waals surface area contributed by atoms with Gasteiger partial charge in [-0.15, -0.1) is 0 Å². The van der Waals surface area contributed by atoms with E-state index >= 15 is 0 Å². The van der Waals surface area contributed by atoms with E-state index in [4.69, 9.17) is 5.26 Å². The third-order valence-electron chi connectivity index (χ3n) is 4.60. The molecule has 2 aromatic heterocycles. The number of aromatic amines is 1. The molecule has 1 aromatic carbocycles. The number of hydrogen-bond donors (Lipinski definition) is 1. The summed E-state index contributed by atoms with van der Waals surface area (Å²) in [5, 5.41) is 12.0. The van der Waals surface area contributed by atoms with Gasteiger partial charge in [0.2, 0.25) is 11.9 Å². The highest BCUT2D eigenvalue weighted by atomic mass is 16.2. The molecule has 0 fully saturated rings. The fourth-order valence-electron chi connectivity index (χ4n) is 3.06. The lowest BCUT2D eigenvalue weighted by Gasteiger charge is -2.17. The van der Waals surface area contributed by atoms with Gasteiger partial charge < -0.3 is 0 Å². The largest absolute Gasteiger partial charge is 0.277 e. The summed E-state index contributed by atoms with van der Waals surface area (Å²) in [6.45, 7) is 5.52. The number of carbonyl (C=O) groups excluding carboxylic acids is 1. The highest BCUT2D eigenvalue weighted by Gasteiger charge is 2.19. The summed E-state index contributed by atoms with van der Waals surface area (Å²) in [6.07, 6.45) is 2.54. The van der Waals surface area contributed by atoms with Crippen LogP contribution in [0.25, 0.3) is 5.78 Å². The molecule has 3 aromatic rings. The lowest BCUT2D eigenvalue weighted by atomic mass is 10.1. The fourth-order valence-corrected chi connectivity index (χ4v) is 3.06. The van der Waals surface area contributed by atoms with Gasteiger partial charge in [-0.2, -0.15) is 14.8 Å². The molecule has 0 spiro atoms. The van der Waals surface area contributed by atoms with Crippen LogP contribution in [0.3, 0.4) is 0 Å². The van der Waals surface area contributed by atoms with Crippen molar-refractivity contribution in [2.24, 2.45) is 0 Å². The van der Waals surface area contributed by atoms with Crippen LogP contribution in [0.1, 0.15) is 49.1 Å². The molecule has 0 bridgehead atoms. The Bertz CT molecular complexity index is 1120. The molecule has 0 aliphatic carbocycles. The Labute approximate surface area is 162 Å². The number of anilines is 1. The van der Waals surface area contributed by atoms with Gasteiger partial charge in [0.05, 0.1) is 23.9 Å². The van der Waals surface area contributed by atoms with Crippen LogP contribution in [0.2, 0.25) is 0 Å². The predicted octanol–water partition coefficient (Wildman–Crippen LogP) is 2.49. The van der Waals surface area contributed by atoms with Crippen LogP contribution in [0.15, 0.2) is 29.1 Å². The van der Waals surface area contributed by atoms with Crippen molar-refractivity contribution >= 4 is 17.6 Å². The molecule has 0 aliphatic heterocycles. The molecule has 0 atom stereocenters. The molecule has 8 nitrogen and oxygen atoms in total. The van der Waals surface area contributed by atoms with E-state index in [1.54, 1.807) is 25.1 Å². The summed E-state index contributed by atoms with van der Waals surface area (Å²) < 4.78 is 1.29. The van der Waals surface area contributed by atoms with E-state index < -0.39 is 0 Å². The Balaban J connectivity index is 2.02. The number of rotatable bonds is 6. The number of H-pyrrole nitrogens is 1. The number of nitriles is 1. The van der Waals surface area contributed by atoms with Crippen molar-refractivity contribution in [2.75, 3.05) is 4.90 Å². The smallest absolute Gasteiger partial charge is 0.277 e. The molecule has 1 N–H and O–H groups in total. The van der Waals surface area contributed by atoms with Crippen molar-refractivity contribution in [1.29, 1.82) is 5.26 Å². The average Bonchev–Trinajstić information content (AvgIpc) is 3.09. The molecule has 0 radical (unpaired) electrons. The predicted molar refractivity (Wildman–Crippen MR) is 105 cm³/mol. The number of benzene rings is 1. The molecule has 8 heteroatoms. The summed E-state index contributed by atoms with van der Waals surface area (Å²) in [7, 11) is 0. The second-order valence-corrected chi connectivity index (χ2v) is 6.68. The van der Waals surface area contributed by atoms with Gasteiger partial charge in [-0.1, -0.05) is 25.5 Å². The van der Waals surface area contributed by atoms with E-state index in [0.29, 0.717) is 23.2 Å². The van der Waals surface area contributed by atoms with Gasteiger partial charge in [-0.3, -0.25) is 19.6 Å². The molecule has 3 rings (SSSR count). The van der Waals surface area contributed by atoms with Crippen LogP contribution < -0.4 is 10.5 Å². The molecule has 0 aliphatic rings. The maximum atomic E-state index is 12.8. The first-order valence-electron chi connectivity index (χ1n) is 9.20. The number of hydrogen-bond acceptors (Lipinski definition) is 5. The van der Waals surface area contributed by atoms with E-state index in [1.807, 2.05) is 6.07 Å². The van der Waals surface area contributed by atoms with E-state index in [1.165, 1.54) is 16.3 Å². The van der Waals surface area contributed by atoms with E-state index in [9.17, 15) is 9.59 Å². The highest BCUT2D eigenvalue weighted by molar-refractivity contribution is 5.89. The monoisotopic (exact) mass is 378 g/mol. The Morgan fingerprint density at radius 1 is 1.36 bits per heavy atom. The van der Waals surface area contributed by atoms with Crippen molar-refractivity contribution in [3.8, 4) is 6.07 Å². The molecular formula is C20H22N6O2. The standard InChI is InChI=1S/C20H22N6O2/c1-4-5-9-17-13(2)22-19-23-20(24-26(19)18(17)28)25(14(3)27)12-16-8-6-7-15(10-16)11-21/h6-8,10H,4-5,9,12H2,1-3H3,(H,22,23,24). The van der Waals surface area contributed by atoms with Gasteiger partial charge in [0.1, 0.15) is 0 Å². The first-order chi connectivity index (χ1) is 13.4. The first kappa shape index (κ1) is 19.3. The molecule has 28 heavy (non-hydrogen) atoms. The second-order valence-electron chi connectivity index (χ2n) is 6.68. The molecule has 1 amide bonds. The quantitative estimate of drug-likeness (QED) is 0.709.